The van der Waals surface area contributed by atoms with E-state index in [1.165, 1.54) is 24.3 Å². The molecule has 0 spiro atoms. The molecule has 0 saturated heterocycles. The summed E-state index contributed by atoms with van der Waals surface area (Å²) in [6.07, 6.45) is 0. The van der Waals surface area contributed by atoms with Gasteiger partial charge >= 0.3 is 11.8 Å². The number of benzene rings is 2. The van der Waals surface area contributed by atoms with Gasteiger partial charge in [0.25, 0.3) is 5.56 Å². The first-order chi connectivity index (χ1) is 16.0. The summed E-state index contributed by atoms with van der Waals surface area (Å²) >= 11 is 0. The molecular formula is C22H16FN5O5. The maximum atomic E-state index is 13.2. The number of aromatic nitrogens is 4. The van der Waals surface area contributed by atoms with Crippen LogP contribution < -0.4 is 20.3 Å². The lowest BCUT2D eigenvalue weighted by Crippen LogP contribution is -2.24. The van der Waals surface area contributed by atoms with Crippen LogP contribution in [0.4, 0.5) is 4.39 Å². The van der Waals surface area contributed by atoms with Gasteiger partial charge in [0.15, 0.2) is 17.3 Å². The maximum Gasteiger partial charge on any atom is 0.316 e. The van der Waals surface area contributed by atoms with E-state index in [-0.39, 0.29) is 43.0 Å². The number of rotatable bonds is 6. The van der Waals surface area contributed by atoms with Crippen molar-refractivity contribution in [2.24, 2.45) is 0 Å². The Kier molecular flexibility index (Phi) is 5.27. The van der Waals surface area contributed by atoms with Gasteiger partial charge in [0.2, 0.25) is 6.79 Å². The van der Waals surface area contributed by atoms with E-state index >= 15 is 0 Å². The second-order valence-corrected chi connectivity index (χ2v) is 7.11. The van der Waals surface area contributed by atoms with E-state index < -0.39 is 5.91 Å². The molecule has 0 unspecified atom stereocenters. The van der Waals surface area contributed by atoms with Crippen LogP contribution in [0.1, 0.15) is 22.1 Å². The minimum Gasteiger partial charge on any atom is -0.454 e. The third-order valence-electron chi connectivity index (χ3n) is 4.85. The average Bonchev–Trinajstić information content (AvgIpc) is 3.49. The van der Waals surface area contributed by atoms with Crippen molar-refractivity contribution in [3.8, 4) is 22.8 Å². The second-order valence-electron chi connectivity index (χ2n) is 7.11. The lowest BCUT2D eigenvalue weighted by molar-refractivity contribution is 0.0907. The van der Waals surface area contributed by atoms with Gasteiger partial charge in [0.05, 0.1) is 5.69 Å². The highest BCUT2D eigenvalue weighted by Crippen LogP contribution is 2.32. The lowest BCUT2D eigenvalue weighted by atomic mass is 10.1. The molecule has 10 nitrogen and oxygen atoms in total. The van der Waals surface area contributed by atoms with Crippen LogP contribution in [0.25, 0.3) is 11.3 Å². The Morgan fingerprint density at radius 2 is 1.88 bits per heavy atom. The fraction of sp³-hybridized carbons (Fsp3) is 0.136. The first-order valence-electron chi connectivity index (χ1n) is 9.88. The van der Waals surface area contributed by atoms with Crippen LogP contribution in [0, 0.1) is 5.82 Å². The molecule has 1 aliphatic heterocycles. The predicted molar refractivity (Wildman–Crippen MR) is 111 cm³/mol. The Morgan fingerprint density at radius 3 is 2.73 bits per heavy atom. The topological polar surface area (TPSA) is 121 Å². The number of hydrogen-bond donors (Lipinski definition) is 1. The molecule has 0 fully saturated rings. The molecule has 0 radical (unpaired) electrons. The summed E-state index contributed by atoms with van der Waals surface area (Å²) in [5, 5.41) is 10.7. The molecule has 5 rings (SSSR count). The quantitative estimate of drug-likeness (QED) is 0.475. The number of nitrogens with zero attached hydrogens (tertiary/aromatic N) is 4. The van der Waals surface area contributed by atoms with E-state index in [4.69, 9.17) is 14.0 Å². The first kappa shape index (κ1) is 20.4. The summed E-state index contributed by atoms with van der Waals surface area (Å²) in [6, 6.07) is 13.9. The summed E-state index contributed by atoms with van der Waals surface area (Å²) in [7, 11) is 0. The molecule has 3 heterocycles. The number of nitrogens with one attached hydrogen (secondary N) is 1. The van der Waals surface area contributed by atoms with Gasteiger partial charge in [-0.2, -0.15) is 10.1 Å². The standard InChI is InChI=1S/C22H16FN5O5/c23-15-4-2-14(3-5-15)16-6-8-20(29)28(26-16)11-19-25-22(33-27-19)21(30)24-10-13-1-7-17-18(9-13)32-12-31-17/h1-9H,10-12H2,(H,24,30). The highest BCUT2D eigenvalue weighted by molar-refractivity contribution is 5.89. The zero-order valence-corrected chi connectivity index (χ0v) is 17.0. The molecule has 33 heavy (non-hydrogen) atoms. The largest absolute Gasteiger partial charge is 0.454 e. The van der Waals surface area contributed by atoms with Crippen molar-refractivity contribution in [3.63, 3.8) is 0 Å². The molecule has 11 heteroatoms. The summed E-state index contributed by atoms with van der Waals surface area (Å²) in [4.78, 5) is 28.6. The molecule has 0 bridgehead atoms. The van der Waals surface area contributed by atoms with Crippen molar-refractivity contribution >= 4 is 5.91 Å². The van der Waals surface area contributed by atoms with Crippen molar-refractivity contribution in [1.82, 2.24) is 25.2 Å². The van der Waals surface area contributed by atoms with Crippen LogP contribution in [-0.4, -0.2) is 32.6 Å². The minimum atomic E-state index is -0.563. The summed E-state index contributed by atoms with van der Waals surface area (Å²) in [5.74, 6) is 0.194. The van der Waals surface area contributed by atoms with Gasteiger partial charge in [-0.05, 0) is 48.0 Å². The number of carbonyl (C=O) groups is 1. The maximum absolute atomic E-state index is 13.2. The molecule has 0 atom stereocenters. The molecular weight excluding hydrogens is 433 g/mol. The van der Waals surface area contributed by atoms with E-state index in [0.717, 1.165) is 10.2 Å². The Morgan fingerprint density at radius 1 is 1.06 bits per heavy atom. The van der Waals surface area contributed by atoms with Crippen LogP contribution in [0.3, 0.4) is 0 Å². The van der Waals surface area contributed by atoms with Crippen molar-refractivity contribution < 1.29 is 23.2 Å². The number of carbonyl (C=O) groups excluding carboxylic acids is 1. The van der Waals surface area contributed by atoms with Crippen LogP contribution in [0.2, 0.25) is 0 Å². The normalized spacial score (nSPS) is 12.0. The van der Waals surface area contributed by atoms with E-state index in [9.17, 15) is 14.0 Å². The number of fused-ring (bicyclic) bond motifs is 1. The van der Waals surface area contributed by atoms with E-state index in [2.05, 4.69) is 20.6 Å². The van der Waals surface area contributed by atoms with Crippen molar-refractivity contribution in [1.29, 1.82) is 0 Å². The van der Waals surface area contributed by atoms with Gasteiger partial charge in [-0.15, -0.1) is 0 Å². The summed E-state index contributed by atoms with van der Waals surface area (Å²) < 4.78 is 29.9. The molecule has 0 aliphatic carbocycles. The zero-order valence-electron chi connectivity index (χ0n) is 17.0. The van der Waals surface area contributed by atoms with Gasteiger partial charge in [0, 0.05) is 18.2 Å². The van der Waals surface area contributed by atoms with E-state index in [0.29, 0.717) is 22.8 Å². The second kappa shape index (κ2) is 8.54. The van der Waals surface area contributed by atoms with Gasteiger partial charge in [0.1, 0.15) is 12.4 Å². The van der Waals surface area contributed by atoms with Crippen molar-refractivity contribution in [2.75, 3.05) is 6.79 Å². The first-order valence-corrected chi connectivity index (χ1v) is 9.88. The fourth-order valence-electron chi connectivity index (χ4n) is 3.19. The lowest BCUT2D eigenvalue weighted by Gasteiger charge is -2.05. The minimum absolute atomic E-state index is 0.104. The molecule has 1 N–H and O–H groups in total. The fourth-order valence-corrected chi connectivity index (χ4v) is 3.19. The van der Waals surface area contributed by atoms with Crippen LogP contribution in [0.5, 0.6) is 11.5 Å². The van der Waals surface area contributed by atoms with Crippen molar-refractivity contribution in [2.45, 2.75) is 13.1 Å². The zero-order chi connectivity index (χ0) is 22.8. The molecule has 2 aromatic carbocycles. The number of halogens is 1. The van der Waals surface area contributed by atoms with E-state index in [1.807, 2.05) is 0 Å². The SMILES string of the molecule is O=C(NCc1ccc2c(c1)OCO2)c1nc(Cn2nc(-c3ccc(F)cc3)ccc2=O)no1. The molecule has 1 amide bonds. The molecule has 2 aromatic heterocycles. The van der Waals surface area contributed by atoms with Crippen LogP contribution >= 0.6 is 0 Å². The Bertz CT molecular complexity index is 1380. The van der Waals surface area contributed by atoms with Gasteiger partial charge < -0.3 is 19.3 Å². The molecule has 0 saturated carbocycles. The number of hydrogen-bond acceptors (Lipinski definition) is 8. The average molecular weight is 449 g/mol. The number of amides is 1. The smallest absolute Gasteiger partial charge is 0.316 e. The monoisotopic (exact) mass is 449 g/mol. The van der Waals surface area contributed by atoms with Gasteiger partial charge in [-0.3, -0.25) is 9.59 Å². The van der Waals surface area contributed by atoms with Crippen LogP contribution in [0.15, 0.2) is 63.9 Å². The summed E-state index contributed by atoms with van der Waals surface area (Å²) in [6.45, 7) is 0.279. The molecule has 166 valence electrons. The third-order valence-corrected chi connectivity index (χ3v) is 4.85. The molecule has 4 aromatic rings. The van der Waals surface area contributed by atoms with Crippen molar-refractivity contribution in [3.05, 3.63) is 88.0 Å². The molecule has 1 aliphatic rings. The Balaban J connectivity index is 1.26. The van der Waals surface area contributed by atoms with Gasteiger partial charge in [-0.25, -0.2) is 9.07 Å². The van der Waals surface area contributed by atoms with Crippen LogP contribution in [-0.2, 0) is 13.1 Å². The highest BCUT2D eigenvalue weighted by atomic mass is 19.1. The Labute approximate surface area is 185 Å². The van der Waals surface area contributed by atoms with Gasteiger partial charge in [-0.1, -0.05) is 11.2 Å². The van der Waals surface area contributed by atoms with E-state index in [1.54, 1.807) is 30.3 Å². The predicted octanol–water partition coefficient (Wildman–Crippen LogP) is 2.14. The summed E-state index contributed by atoms with van der Waals surface area (Å²) in [5.41, 5.74) is 1.53. The Hall–Kier alpha value is -4.54. The number of ether oxygens (including phenoxy) is 2. The third kappa shape index (κ3) is 4.42. The highest BCUT2D eigenvalue weighted by Gasteiger charge is 2.17.